The van der Waals surface area contributed by atoms with Crippen molar-refractivity contribution in [2.75, 3.05) is 20.2 Å². The first-order valence-corrected chi connectivity index (χ1v) is 9.31. The number of hydrogen-bond acceptors (Lipinski definition) is 3. The molecule has 0 bridgehead atoms. The summed E-state index contributed by atoms with van der Waals surface area (Å²) in [4.78, 5) is 13.8. The van der Waals surface area contributed by atoms with E-state index in [9.17, 15) is 4.79 Å². The molecular weight excluding hydrogens is 506 g/mol. The van der Waals surface area contributed by atoms with Crippen LogP contribution in [0.1, 0.15) is 41.0 Å². The molecule has 0 amide bonds. The Kier molecular flexibility index (Phi) is 25.4. The molecular formula is C23H35NO2W. The van der Waals surface area contributed by atoms with Gasteiger partial charge in [0.15, 0.2) is 0 Å². The first-order valence-electron chi connectivity index (χ1n) is 9.31. The Morgan fingerprint density at radius 1 is 1.30 bits per heavy atom. The van der Waals surface area contributed by atoms with Crippen molar-refractivity contribution >= 4 is 5.97 Å². The van der Waals surface area contributed by atoms with E-state index < -0.39 is 0 Å². The van der Waals surface area contributed by atoms with Gasteiger partial charge >= 0.3 is 27.0 Å². The van der Waals surface area contributed by atoms with Gasteiger partial charge in [0.05, 0.1) is 7.11 Å². The van der Waals surface area contributed by atoms with E-state index in [0.29, 0.717) is 13.1 Å². The van der Waals surface area contributed by atoms with Gasteiger partial charge < -0.3 is 23.5 Å². The maximum atomic E-state index is 11.7. The van der Waals surface area contributed by atoms with Crippen molar-refractivity contribution in [2.45, 2.75) is 47.1 Å². The molecule has 3 nitrogen and oxygen atoms in total. The maximum Gasteiger partial charge on any atom is 2.00 e. The second kappa shape index (κ2) is 22.6. The molecule has 0 aromatic heterocycles. The summed E-state index contributed by atoms with van der Waals surface area (Å²) in [5.74, 6) is -0.238. The third kappa shape index (κ3) is 15.3. The number of carbonyl (C=O) groups is 1. The molecule has 0 saturated heterocycles. The van der Waals surface area contributed by atoms with Gasteiger partial charge in [-0.3, -0.25) is 15.8 Å². The number of methoxy groups -OCH3 is 1. The standard InChI is InChI=1S/C19H23NO2.2C2H6.W/c1-4-5-6-7-10-15-20(17(2)19(21)22-3)16-11-14-18-12-8-9-13-18;2*1-2;/h1,4-5,7-12,14,17H,13,15-16H2,2-3H3;2*1-2H3;/q-2;;;+2/b10-7+,14-11+;;;. The van der Waals surface area contributed by atoms with Crippen LogP contribution in [0.5, 0.6) is 0 Å². The SMILES string of the molecule is CC.CC.[CH-]=CC=[C-]/C=C/CN(C/C=C/C1=CC=CC1)C(C)C(=O)OC.[W+2]. The van der Waals surface area contributed by atoms with E-state index in [1.165, 1.54) is 18.8 Å². The normalized spacial score (nSPS) is 13.5. The summed E-state index contributed by atoms with van der Waals surface area (Å²) in [5.41, 5.74) is 1.27. The molecule has 0 radical (unpaired) electrons. The zero-order valence-corrected chi connectivity index (χ0v) is 20.6. The molecule has 1 unspecified atom stereocenters. The van der Waals surface area contributed by atoms with E-state index in [1.807, 2.05) is 51.7 Å². The van der Waals surface area contributed by atoms with Crippen LogP contribution in [-0.4, -0.2) is 37.1 Å². The Bertz CT molecular complexity index is 516. The fraction of sp³-hybridized carbons (Fsp3) is 0.435. The smallest absolute Gasteiger partial charge is 0.468 e. The Morgan fingerprint density at radius 2 is 1.93 bits per heavy atom. The number of hydrogen-bond donors (Lipinski definition) is 0. The Labute approximate surface area is 181 Å². The van der Waals surface area contributed by atoms with Crippen LogP contribution < -0.4 is 0 Å². The molecule has 0 fully saturated rings. The molecule has 1 atom stereocenters. The number of carbonyl (C=O) groups excluding carboxylic acids is 1. The summed E-state index contributed by atoms with van der Waals surface area (Å²) in [7, 11) is 1.41. The van der Waals surface area contributed by atoms with Crippen LogP contribution in [0, 0.1) is 12.7 Å². The molecule has 1 aliphatic rings. The second-order valence-electron chi connectivity index (χ2n) is 4.86. The van der Waals surface area contributed by atoms with Crippen molar-refractivity contribution in [3.63, 3.8) is 0 Å². The molecule has 0 heterocycles. The zero-order chi connectivity index (χ0) is 20.2. The van der Waals surface area contributed by atoms with Crippen LogP contribution in [0.4, 0.5) is 0 Å². The molecule has 0 N–H and O–H groups in total. The Morgan fingerprint density at radius 3 is 2.44 bits per heavy atom. The summed E-state index contributed by atoms with van der Waals surface area (Å²) < 4.78 is 4.82. The van der Waals surface area contributed by atoms with Gasteiger partial charge in [-0.05, 0) is 25.5 Å². The molecule has 0 aliphatic heterocycles. The van der Waals surface area contributed by atoms with Gasteiger partial charge in [-0.2, -0.15) is 12.2 Å². The predicted molar refractivity (Wildman–Crippen MR) is 113 cm³/mol. The molecule has 0 saturated carbocycles. The van der Waals surface area contributed by atoms with Gasteiger partial charge in [-0.15, -0.1) is 0 Å². The molecule has 1 aliphatic carbocycles. The van der Waals surface area contributed by atoms with Crippen LogP contribution in [0.2, 0.25) is 0 Å². The average molecular weight is 541 g/mol. The van der Waals surface area contributed by atoms with Crippen molar-refractivity contribution in [3.05, 3.63) is 72.9 Å². The minimum Gasteiger partial charge on any atom is -0.468 e. The van der Waals surface area contributed by atoms with Crippen LogP contribution in [-0.2, 0) is 30.6 Å². The van der Waals surface area contributed by atoms with Crippen LogP contribution in [0.3, 0.4) is 0 Å². The fourth-order valence-corrected chi connectivity index (χ4v) is 2.00. The van der Waals surface area contributed by atoms with Crippen molar-refractivity contribution in [2.24, 2.45) is 0 Å². The predicted octanol–water partition coefficient (Wildman–Crippen LogP) is 5.25. The van der Waals surface area contributed by atoms with Gasteiger partial charge in [0, 0.05) is 6.54 Å². The minimum absolute atomic E-state index is 0. The summed E-state index contributed by atoms with van der Waals surface area (Å²) >= 11 is 0. The summed E-state index contributed by atoms with van der Waals surface area (Å²) in [6.45, 7) is 16.4. The maximum absolute atomic E-state index is 11.7. The number of ether oxygens (including phenoxy) is 1. The van der Waals surface area contributed by atoms with Crippen molar-refractivity contribution in [1.82, 2.24) is 4.90 Å². The van der Waals surface area contributed by atoms with Gasteiger partial charge in [0.1, 0.15) is 6.04 Å². The molecule has 150 valence electrons. The first-order chi connectivity index (χ1) is 12.7. The van der Waals surface area contributed by atoms with E-state index in [1.54, 1.807) is 12.2 Å². The largest absolute Gasteiger partial charge is 2.00 e. The van der Waals surface area contributed by atoms with Crippen LogP contribution >= 0.6 is 0 Å². The fourth-order valence-electron chi connectivity index (χ4n) is 2.00. The minimum atomic E-state index is -0.306. The van der Waals surface area contributed by atoms with Gasteiger partial charge in [0.2, 0.25) is 0 Å². The zero-order valence-electron chi connectivity index (χ0n) is 17.6. The Hall–Kier alpha value is -1.44. The van der Waals surface area contributed by atoms with E-state index >= 15 is 0 Å². The van der Waals surface area contributed by atoms with Crippen LogP contribution in [0.15, 0.2) is 60.3 Å². The third-order valence-electron chi connectivity index (χ3n) is 3.31. The topological polar surface area (TPSA) is 29.5 Å². The van der Waals surface area contributed by atoms with Gasteiger partial charge in [-0.1, -0.05) is 58.1 Å². The van der Waals surface area contributed by atoms with Crippen molar-refractivity contribution in [3.8, 4) is 0 Å². The molecule has 0 spiro atoms. The summed E-state index contributed by atoms with van der Waals surface area (Å²) in [6, 6.07) is -0.306. The van der Waals surface area contributed by atoms with Crippen molar-refractivity contribution in [1.29, 1.82) is 0 Å². The molecule has 0 aromatic carbocycles. The molecule has 1 rings (SSSR count). The molecule has 4 heteroatoms. The van der Waals surface area contributed by atoms with E-state index in [-0.39, 0.29) is 33.1 Å². The van der Waals surface area contributed by atoms with Gasteiger partial charge in [0.25, 0.3) is 0 Å². The number of rotatable bonds is 9. The van der Waals surface area contributed by atoms with E-state index in [2.05, 4.69) is 30.4 Å². The molecule has 0 aromatic rings. The van der Waals surface area contributed by atoms with Crippen LogP contribution in [0.25, 0.3) is 0 Å². The molecule has 27 heavy (non-hydrogen) atoms. The summed E-state index contributed by atoms with van der Waals surface area (Å²) in [6.07, 6.45) is 21.1. The third-order valence-corrected chi connectivity index (χ3v) is 3.31. The monoisotopic (exact) mass is 541 g/mol. The average Bonchev–Trinajstić information content (AvgIpc) is 3.22. The number of nitrogens with zero attached hydrogens (tertiary/aromatic N) is 1. The van der Waals surface area contributed by atoms with E-state index in [4.69, 9.17) is 11.3 Å². The van der Waals surface area contributed by atoms with E-state index in [0.717, 1.165) is 6.42 Å². The number of allylic oxidation sites excluding steroid dienone is 9. The first kappa shape index (κ1) is 30.3. The quantitative estimate of drug-likeness (QED) is 0.227. The number of esters is 1. The van der Waals surface area contributed by atoms with Gasteiger partial charge in [-0.25, -0.2) is 0 Å². The second-order valence-corrected chi connectivity index (χ2v) is 4.86. The Balaban J connectivity index is -0.00000108. The summed E-state index contributed by atoms with van der Waals surface area (Å²) in [5, 5.41) is 0. The van der Waals surface area contributed by atoms with Crippen molar-refractivity contribution < 1.29 is 30.6 Å².